The number of hydrazone groups is 1. The Labute approximate surface area is 185 Å². The van der Waals surface area contributed by atoms with Crippen molar-refractivity contribution in [1.82, 2.24) is 5.01 Å². The molecule has 1 aliphatic rings. The fourth-order valence-electron chi connectivity index (χ4n) is 3.30. The summed E-state index contributed by atoms with van der Waals surface area (Å²) in [6, 6.07) is 11.4. The molecule has 0 spiro atoms. The lowest BCUT2D eigenvalue weighted by Gasteiger charge is -2.23. The minimum atomic E-state index is -4.45. The van der Waals surface area contributed by atoms with Gasteiger partial charge in [0.1, 0.15) is 12.0 Å². The van der Waals surface area contributed by atoms with Gasteiger partial charge in [-0.15, -0.1) is 0 Å². The van der Waals surface area contributed by atoms with Gasteiger partial charge in [-0.25, -0.2) is 0 Å². The first-order chi connectivity index (χ1) is 14.5. The summed E-state index contributed by atoms with van der Waals surface area (Å²) in [5, 5.41) is 8.44. The summed E-state index contributed by atoms with van der Waals surface area (Å²) < 4.78 is 43.8. The van der Waals surface area contributed by atoms with Gasteiger partial charge in [-0.1, -0.05) is 28.1 Å². The number of carbonyl (C=O) groups is 2. The molecule has 1 aliphatic heterocycles. The van der Waals surface area contributed by atoms with Crippen LogP contribution in [0.2, 0.25) is 0 Å². The van der Waals surface area contributed by atoms with Crippen LogP contribution in [0.3, 0.4) is 0 Å². The number of amides is 1. The molecule has 0 saturated carbocycles. The van der Waals surface area contributed by atoms with E-state index in [1.54, 1.807) is 19.1 Å². The second-order valence-corrected chi connectivity index (χ2v) is 8.14. The second-order valence-electron chi connectivity index (χ2n) is 7.23. The van der Waals surface area contributed by atoms with Crippen LogP contribution in [0, 0.1) is 5.41 Å². The highest BCUT2D eigenvalue weighted by atomic mass is 79.9. The number of nitrogens with zero attached hydrogens (tertiary/aromatic N) is 2. The van der Waals surface area contributed by atoms with Gasteiger partial charge in [0, 0.05) is 10.2 Å². The van der Waals surface area contributed by atoms with Crippen LogP contribution < -0.4 is 5.32 Å². The van der Waals surface area contributed by atoms with Crippen LogP contribution in [0.25, 0.3) is 0 Å². The summed E-state index contributed by atoms with van der Waals surface area (Å²) in [5.74, 6) is -0.965. The summed E-state index contributed by atoms with van der Waals surface area (Å²) in [6.07, 6.45) is -4.45. The van der Waals surface area contributed by atoms with Crippen LogP contribution in [0.15, 0.2) is 58.1 Å². The number of esters is 1. The van der Waals surface area contributed by atoms with Gasteiger partial charge in [-0.3, -0.25) is 14.6 Å². The molecule has 31 heavy (non-hydrogen) atoms. The molecule has 10 heteroatoms. The number of rotatable bonds is 5. The van der Waals surface area contributed by atoms with Crippen molar-refractivity contribution in [2.75, 3.05) is 25.5 Å². The summed E-state index contributed by atoms with van der Waals surface area (Å²) in [6.45, 7) is 1.62. The minimum absolute atomic E-state index is 0.117. The second kappa shape index (κ2) is 8.70. The number of anilines is 1. The fraction of sp³-hybridized carbons (Fsp3) is 0.286. The van der Waals surface area contributed by atoms with Crippen molar-refractivity contribution >= 4 is 39.2 Å². The van der Waals surface area contributed by atoms with Crippen molar-refractivity contribution in [1.29, 1.82) is 0 Å². The number of hydrogen-bond donors (Lipinski definition) is 1. The lowest BCUT2D eigenvalue weighted by molar-refractivity contribution is -0.148. The Bertz CT molecular complexity index is 1010. The van der Waals surface area contributed by atoms with Crippen molar-refractivity contribution in [2.45, 2.75) is 13.1 Å². The molecule has 164 valence electrons. The monoisotopic (exact) mass is 497 g/mol. The van der Waals surface area contributed by atoms with Crippen molar-refractivity contribution in [2.24, 2.45) is 10.5 Å². The Morgan fingerprint density at radius 3 is 2.32 bits per heavy atom. The maximum absolute atomic E-state index is 12.7. The zero-order valence-electron chi connectivity index (χ0n) is 16.7. The van der Waals surface area contributed by atoms with E-state index in [1.807, 2.05) is 12.1 Å². The number of halogens is 4. The highest BCUT2D eigenvalue weighted by molar-refractivity contribution is 9.10. The summed E-state index contributed by atoms with van der Waals surface area (Å²) >= 11 is 3.36. The van der Waals surface area contributed by atoms with Crippen molar-refractivity contribution in [3.05, 3.63) is 64.1 Å². The predicted octanol–water partition coefficient (Wildman–Crippen LogP) is 4.31. The molecule has 2 aromatic carbocycles. The quantitative estimate of drug-likeness (QED) is 0.625. The molecule has 1 atom stereocenters. The molecular formula is C21H19BrF3N3O3. The van der Waals surface area contributed by atoms with Crippen molar-refractivity contribution < 1.29 is 27.5 Å². The molecule has 6 nitrogen and oxygen atoms in total. The third-order valence-electron chi connectivity index (χ3n) is 4.84. The van der Waals surface area contributed by atoms with Crippen molar-refractivity contribution in [3.8, 4) is 0 Å². The summed E-state index contributed by atoms with van der Waals surface area (Å²) in [5.41, 5.74) is -0.486. The molecule has 1 amide bonds. The molecule has 0 saturated heterocycles. The fourth-order valence-corrected chi connectivity index (χ4v) is 3.56. The molecule has 0 aromatic heterocycles. The van der Waals surface area contributed by atoms with E-state index >= 15 is 0 Å². The molecule has 0 bridgehead atoms. The topological polar surface area (TPSA) is 71.0 Å². The van der Waals surface area contributed by atoms with Gasteiger partial charge >= 0.3 is 12.1 Å². The number of hydrogen-bond acceptors (Lipinski definition) is 5. The molecule has 0 aliphatic carbocycles. The number of alkyl halides is 3. The first-order valence-corrected chi connectivity index (χ1v) is 9.98. The maximum atomic E-state index is 12.7. The van der Waals surface area contributed by atoms with Crippen molar-refractivity contribution in [3.63, 3.8) is 0 Å². The minimum Gasteiger partial charge on any atom is -0.468 e. The van der Waals surface area contributed by atoms with E-state index in [4.69, 9.17) is 4.74 Å². The molecule has 0 fully saturated rings. The number of ether oxygens (including phenoxy) is 1. The van der Waals surface area contributed by atoms with E-state index in [-0.39, 0.29) is 18.8 Å². The highest BCUT2D eigenvalue weighted by Crippen LogP contribution is 2.33. The van der Waals surface area contributed by atoms with E-state index in [1.165, 1.54) is 24.3 Å². The van der Waals surface area contributed by atoms with Crippen LogP contribution >= 0.6 is 15.9 Å². The first-order valence-electron chi connectivity index (χ1n) is 9.18. The van der Waals surface area contributed by atoms with Gasteiger partial charge in [0.05, 0.1) is 24.9 Å². The molecular weight excluding hydrogens is 479 g/mol. The summed E-state index contributed by atoms with van der Waals surface area (Å²) in [7, 11) is 1.28. The average Bonchev–Trinajstić information content (AvgIpc) is 3.04. The zero-order valence-corrected chi connectivity index (χ0v) is 18.3. The Morgan fingerprint density at radius 2 is 1.77 bits per heavy atom. The molecule has 1 unspecified atom stereocenters. The van der Waals surface area contributed by atoms with Crippen LogP contribution in [-0.2, 0) is 20.5 Å². The lowest BCUT2D eigenvalue weighted by Crippen LogP contribution is -2.41. The predicted molar refractivity (Wildman–Crippen MR) is 112 cm³/mol. The van der Waals surface area contributed by atoms with Gasteiger partial charge in [0.15, 0.2) is 0 Å². The number of nitrogens with one attached hydrogen (secondary N) is 1. The summed E-state index contributed by atoms with van der Waals surface area (Å²) in [4.78, 5) is 24.9. The van der Waals surface area contributed by atoms with Crippen LogP contribution in [0.4, 0.5) is 18.9 Å². The van der Waals surface area contributed by atoms with Gasteiger partial charge in [-0.05, 0) is 48.9 Å². The van der Waals surface area contributed by atoms with E-state index < -0.39 is 29.0 Å². The van der Waals surface area contributed by atoms with Crippen LogP contribution in [-0.4, -0.2) is 42.8 Å². The van der Waals surface area contributed by atoms with E-state index in [9.17, 15) is 22.8 Å². The first kappa shape index (κ1) is 22.8. The Hall–Kier alpha value is -2.88. The third kappa shape index (κ3) is 5.07. The molecule has 0 radical (unpaired) electrons. The molecule has 1 heterocycles. The average molecular weight is 498 g/mol. The Balaban J connectivity index is 1.75. The molecule has 1 N–H and O–H groups in total. The third-order valence-corrected chi connectivity index (χ3v) is 5.37. The maximum Gasteiger partial charge on any atom is 0.416 e. The SMILES string of the molecule is COC(=O)C1(C)CN(CC(=O)Nc2ccc(C(F)(F)F)cc2)N=C1c1ccc(Br)cc1. The normalized spacial score (nSPS) is 18.5. The van der Waals surface area contributed by atoms with Gasteiger partial charge in [-0.2, -0.15) is 18.3 Å². The van der Waals surface area contributed by atoms with Crippen LogP contribution in [0.1, 0.15) is 18.1 Å². The number of methoxy groups -OCH3 is 1. The van der Waals surface area contributed by atoms with E-state index in [2.05, 4.69) is 26.3 Å². The highest BCUT2D eigenvalue weighted by Gasteiger charge is 2.47. The largest absolute Gasteiger partial charge is 0.468 e. The van der Waals surface area contributed by atoms with Gasteiger partial charge in [0.25, 0.3) is 0 Å². The zero-order chi connectivity index (χ0) is 22.8. The van der Waals surface area contributed by atoms with Gasteiger partial charge in [0.2, 0.25) is 5.91 Å². The number of benzene rings is 2. The standard InChI is InChI=1S/C21H19BrF3N3O3/c1-20(19(30)31-2)12-28(27-18(20)13-3-7-15(22)8-4-13)11-17(29)26-16-9-5-14(6-10-16)21(23,24)25/h3-10H,11-12H2,1-2H3,(H,26,29). The van der Waals surface area contributed by atoms with E-state index in [0.717, 1.165) is 16.6 Å². The molecule has 2 aromatic rings. The Kier molecular flexibility index (Phi) is 6.40. The van der Waals surface area contributed by atoms with Gasteiger partial charge < -0.3 is 10.1 Å². The van der Waals surface area contributed by atoms with E-state index in [0.29, 0.717) is 11.3 Å². The number of carbonyl (C=O) groups excluding carboxylic acids is 2. The Morgan fingerprint density at radius 1 is 1.16 bits per heavy atom. The lowest BCUT2D eigenvalue weighted by atomic mass is 9.82. The smallest absolute Gasteiger partial charge is 0.416 e. The van der Waals surface area contributed by atoms with Crippen LogP contribution in [0.5, 0.6) is 0 Å². The molecule has 3 rings (SSSR count).